The molecule has 0 aromatic heterocycles. The quantitative estimate of drug-likeness (QED) is 0.598. The summed E-state index contributed by atoms with van der Waals surface area (Å²) in [5, 5.41) is 3.30. The highest BCUT2D eigenvalue weighted by Gasteiger charge is 2.09. The second kappa shape index (κ2) is 3.78. The average molecular weight is 185 g/mol. The normalized spacial score (nSPS) is 14.7. The fourth-order valence-corrected chi connectivity index (χ4v) is 1.54. The van der Waals surface area contributed by atoms with E-state index in [9.17, 15) is 0 Å². The third-order valence-electron chi connectivity index (χ3n) is 2.18. The Kier molecular flexibility index (Phi) is 2.95. The summed E-state index contributed by atoms with van der Waals surface area (Å²) < 4.78 is 0. The van der Waals surface area contributed by atoms with Gasteiger partial charge in [0.1, 0.15) is 0 Å². The van der Waals surface area contributed by atoms with Gasteiger partial charge in [0.15, 0.2) is 0 Å². The molecule has 0 unspecified atom stereocenters. The van der Waals surface area contributed by atoms with Crippen molar-refractivity contribution in [3.63, 3.8) is 0 Å². The Balaban J connectivity index is 0.000000720. The molecule has 3 heteroatoms. The Morgan fingerprint density at radius 3 is 2.92 bits per heavy atom. The van der Waals surface area contributed by atoms with Crippen LogP contribution in [0, 0.1) is 0 Å². The summed E-state index contributed by atoms with van der Waals surface area (Å²) in [5.41, 5.74) is 9.42. The van der Waals surface area contributed by atoms with Crippen molar-refractivity contribution in [3.05, 3.63) is 29.3 Å². The molecule has 2 nitrogen and oxygen atoms in total. The maximum Gasteiger partial charge on any atom is 0.0362 e. The molecule has 3 N–H and O–H groups in total. The minimum atomic E-state index is 0. The van der Waals surface area contributed by atoms with Crippen LogP contribution in [0.3, 0.4) is 0 Å². The molecule has 0 amide bonds. The highest BCUT2D eigenvalue weighted by atomic mass is 35.5. The fourth-order valence-electron chi connectivity index (χ4n) is 1.54. The molecule has 1 aromatic rings. The van der Waals surface area contributed by atoms with Crippen LogP contribution in [0.1, 0.15) is 11.1 Å². The summed E-state index contributed by atoms with van der Waals surface area (Å²) in [6.07, 6.45) is 1.11. The summed E-state index contributed by atoms with van der Waals surface area (Å²) in [6.45, 7) is 2.01. The van der Waals surface area contributed by atoms with Gasteiger partial charge >= 0.3 is 0 Å². The standard InChI is InChI=1S/C9H12N2.ClH/c10-9-3-1-2-7-4-5-11-6-8(7)9;/h1-3,11H,4-6,10H2;1H. The maximum atomic E-state index is 5.80. The maximum absolute atomic E-state index is 5.80. The zero-order valence-corrected chi connectivity index (χ0v) is 7.66. The van der Waals surface area contributed by atoms with Crippen molar-refractivity contribution in [1.29, 1.82) is 0 Å². The van der Waals surface area contributed by atoms with Crippen LogP contribution in [0.2, 0.25) is 0 Å². The van der Waals surface area contributed by atoms with Gasteiger partial charge in [-0.05, 0) is 30.2 Å². The number of hydrogen-bond donors (Lipinski definition) is 2. The Bertz CT molecular complexity index is 273. The van der Waals surface area contributed by atoms with Crippen LogP contribution in [0.4, 0.5) is 5.69 Å². The first-order valence-electron chi connectivity index (χ1n) is 3.95. The third-order valence-corrected chi connectivity index (χ3v) is 2.18. The molecular formula is C9H13ClN2. The molecule has 12 heavy (non-hydrogen) atoms. The molecular weight excluding hydrogens is 172 g/mol. The van der Waals surface area contributed by atoms with Gasteiger partial charge < -0.3 is 11.1 Å². The molecule has 0 bridgehead atoms. The van der Waals surface area contributed by atoms with Crippen molar-refractivity contribution in [2.45, 2.75) is 13.0 Å². The number of nitrogen functional groups attached to an aromatic ring is 1. The van der Waals surface area contributed by atoms with Crippen LogP contribution in [0.5, 0.6) is 0 Å². The first kappa shape index (κ1) is 9.36. The molecule has 1 aliphatic rings. The number of nitrogens with one attached hydrogen (secondary N) is 1. The fraction of sp³-hybridized carbons (Fsp3) is 0.333. The highest BCUT2D eigenvalue weighted by molar-refractivity contribution is 5.85. The predicted octanol–water partition coefficient (Wildman–Crippen LogP) is 1.34. The van der Waals surface area contributed by atoms with E-state index < -0.39 is 0 Å². The minimum Gasteiger partial charge on any atom is -0.398 e. The Morgan fingerprint density at radius 2 is 2.17 bits per heavy atom. The van der Waals surface area contributed by atoms with Crippen molar-refractivity contribution in [3.8, 4) is 0 Å². The second-order valence-corrected chi connectivity index (χ2v) is 2.91. The topological polar surface area (TPSA) is 38.0 Å². The van der Waals surface area contributed by atoms with E-state index in [1.807, 2.05) is 12.1 Å². The van der Waals surface area contributed by atoms with Crippen molar-refractivity contribution in [2.75, 3.05) is 12.3 Å². The first-order valence-corrected chi connectivity index (χ1v) is 3.95. The lowest BCUT2D eigenvalue weighted by molar-refractivity contribution is 0.645. The number of halogens is 1. The highest BCUT2D eigenvalue weighted by Crippen LogP contribution is 2.19. The van der Waals surface area contributed by atoms with Crippen LogP contribution in [0.25, 0.3) is 0 Å². The van der Waals surface area contributed by atoms with Crippen molar-refractivity contribution in [1.82, 2.24) is 5.32 Å². The van der Waals surface area contributed by atoms with Crippen LogP contribution < -0.4 is 11.1 Å². The van der Waals surface area contributed by atoms with Crippen LogP contribution in [-0.2, 0) is 13.0 Å². The molecule has 0 spiro atoms. The Morgan fingerprint density at radius 1 is 1.33 bits per heavy atom. The third kappa shape index (κ3) is 1.54. The summed E-state index contributed by atoms with van der Waals surface area (Å²) in [7, 11) is 0. The lowest BCUT2D eigenvalue weighted by atomic mass is 10.00. The van der Waals surface area contributed by atoms with Gasteiger partial charge in [0.25, 0.3) is 0 Å². The Labute approximate surface area is 78.6 Å². The van der Waals surface area contributed by atoms with E-state index in [0.717, 1.165) is 25.2 Å². The number of nitrogens with two attached hydrogens (primary N) is 1. The number of fused-ring (bicyclic) bond motifs is 1. The van der Waals surface area contributed by atoms with Crippen LogP contribution >= 0.6 is 12.4 Å². The largest absolute Gasteiger partial charge is 0.398 e. The van der Waals surface area contributed by atoms with Crippen LogP contribution in [-0.4, -0.2) is 6.54 Å². The van der Waals surface area contributed by atoms with Gasteiger partial charge in [-0.1, -0.05) is 12.1 Å². The molecule has 0 aliphatic carbocycles. The zero-order valence-electron chi connectivity index (χ0n) is 6.84. The lowest BCUT2D eigenvalue weighted by Crippen LogP contribution is -2.24. The lowest BCUT2D eigenvalue weighted by Gasteiger charge is -2.18. The average Bonchev–Trinajstić information content (AvgIpc) is 2.06. The van der Waals surface area contributed by atoms with Crippen molar-refractivity contribution < 1.29 is 0 Å². The molecule has 66 valence electrons. The molecule has 1 aromatic carbocycles. The molecule has 0 radical (unpaired) electrons. The van der Waals surface area contributed by atoms with E-state index in [0.29, 0.717) is 0 Å². The van der Waals surface area contributed by atoms with E-state index in [4.69, 9.17) is 5.73 Å². The molecule has 0 saturated carbocycles. The van der Waals surface area contributed by atoms with Gasteiger partial charge in [-0.2, -0.15) is 0 Å². The van der Waals surface area contributed by atoms with E-state index in [1.54, 1.807) is 0 Å². The predicted molar refractivity (Wildman–Crippen MR) is 53.5 cm³/mol. The van der Waals surface area contributed by atoms with Gasteiger partial charge in [-0.15, -0.1) is 12.4 Å². The number of anilines is 1. The Hall–Kier alpha value is -0.730. The van der Waals surface area contributed by atoms with Gasteiger partial charge in [-0.25, -0.2) is 0 Å². The summed E-state index contributed by atoms with van der Waals surface area (Å²) >= 11 is 0. The van der Waals surface area contributed by atoms with Gasteiger partial charge in [-0.3, -0.25) is 0 Å². The molecule has 1 aliphatic heterocycles. The summed E-state index contributed by atoms with van der Waals surface area (Å²) in [6, 6.07) is 6.15. The molecule has 2 rings (SSSR count). The number of hydrogen-bond acceptors (Lipinski definition) is 2. The summed E-state index contributed by atoms with van der Waals surface area (Å²) in [4.78, 5) is 0. The molecule has 1 heterocycles. The smallest absolute Gasteiger partial charge is 0.0362 e. The number of rotatable bonds is 0. The van der Waals surface area contributed by atoms with Crippen molar-refractivity contribution in [2.24, 2.45) is 0 Å². The van der Waals surface area contributed by atoms with E-state index in [-0.39, 0.29) is 12.4 Å². The molecule has 0 fully saturated rings. The second-order valence-electron chi connectivity index (χ2n) is 2.91. The van der Waals surface area contributed by atoms with E-state index >= 15 is 0 Å². The summed E-state index contributed by atoms with van der Waals surface area (Å²) in [5.74, 6) is 0. The minimum absolute atomic E-state index is 0. The van der Waals surface area contributed by atoms with E-state index in [1.165, 1.54) is 11.1 Å². The van der Waals surface area contributed by atoms with Crippen molar-refractivity contribution >= 4 is 18.1 Å². The number of benzene rings is 1. The molecule has 0 saturated heterocycles. The van der Waals surface area contributed by atoms with Gasteiger partial charge in [0.2, 0.25) is 0 Å². The van der Waals surface area contributed by atoms with E-state index in [2.05, 4.69) is 11.4 Å². The first-order chi connectivity index (χ1) is 5.38. The van der Waals surface area contributed by atoms with Gasteiger partial charge in [0, 0.05) is 12.2 Å². The van der Waals surface area contributed by atoms with Gasteiger partial charge in [0.05, 0.1) is 0 Å². The molecule has 0 atom stereocenters. The SMILES string of the molecule is Cl.Nc1cccc2c1CNCC2. The van der Waals surface area contributed by atoms with Crippen LogP contribution in [0.15, 0.2) is 18.2 Å². The monoisotopic (exact) mass is 184 g/mol. The zero-order chi connectivity index (χ0) is 7.68.